The number of para-hydroxylation sites is 1. The molecule has 0 atom stereocenters. The lowest BCUT2D eigenvalue weighted by Crippen LogP contribution is -2.04. The van der Waals surface area contributed by atoms with E-state index in [1.54, 1.807) is 10.9 Å². The summed E-state index contributed by atoms with van der Waals surface area (Å²) >= 11 is 0. The fourth-order valence-corrected chi connectivity index (χ4v) is 4.96. The van der Waals surface area contributed by atoms with Gasteiger partial charge in [-0.25, -0.2) is 0 Å². The summed E-state index contributed by atoms with van der Waals surface area (Å²) in [4.78, 5) is 6.18. The first kappa shape index (κ1) is 24.7. The summed E-state index contributed by atoms with van der Waals surface area (Å²) in [5, 5.41) is 10.4. The topological polar surface area (TPSA) is 43.6 Å². The minimum Gasteiger partial charge on any atom is -0.256 e. The lowest BCUT2D eigenvalue weighted by molar-refractivity contribution is -0.137. The number of alkyl halides is 3. The second-order valence-electron chi connectivity index (χ2n) is 9.81. The normalized spacial score (nSPS) is 11.8. The first-order valence-corrected chi connectivity index (χ1v) is 13.0. The number of nitrogens with zero attached hydrogens (tertiary/aromatic N) is 4. The van der Waals surface area contributed by atoms with E-state index in [0.717, 1.165) is 61.5 Å². The first-order chi connectivity index (χ1) is 19.9. The molecular formula is C34H21F3N4. The van der Waals surface area contributed by atoms with Crippen LogP contribution in [-0.2, 0) is 6.18 Å². The molecule has 0 N–H and O–H groups in total. The number of hydrogen-bond acceptors (Lipinski definition) is 3. The van der Waals surface area contributed by atoms with E-state index < -0.39 is 11.7 Å². The third-order valence-corrected chi connectivity index (χ3v) is 7.14. The highest BCUT2D eigenvalue weighted by molar-refractivity contribution is 5.84. The first-order valence-electron chi connectivity index (χ1n) is 13.0. The molecule has 7 heteroatoms. The highest BCUT2D eigenvalue weighted by Crippen LogP contribution is 2.33. The SMILES string of the molecule is FC(F)(F)c1cccc(-c2ccc(-c3ccc4nn(-c5ccc(-c6cnc7ccccc7c6)cc5)nc4c3)cc2)c1. The molecule has 4 nitrogen and oxygen atoms in total. The van der Waals surface area contributed by atoms with E-state index in [1.807, 2.05) is 91.1 Å². The molecule has 5 aromatic carbocycles. The van der Waals surface area contributed by atoms with Crippen LogP contribution in [0.5, 0.6) is 0 Å². The Labute approximate surface area is 233 Å². The van der Waals surface area contributed by atoms with Crippen molar-refractivity contribution in [3.8, 4) is 39.1 Å². The van der Waals surface area contributed by atoms with Gasteiger partial charge in [-0.15, -0.1) is 10.2 Å². The third kappa shape index (κ3) is 4.82. The van der Waals surface area contributed by atoms with Gasteiger partial charge < -0.3 is 0 Å². The monoisotopic (exact) mass is 542 g/mol. The van der Waals surface area contributed by atoms with Crippen molar-refractivity contribution in [1.82, 2.24) is 20.0 Å². The third-order valence-electron chi connectivity index (χ3n) is 7.14. The van der Waals surface area contributed by atoms with Gasteiger partial charge >= 0.3 is 6.18 Å². The summed E-state index contributed by atoms with van der Waals surface area (Å²) in [7, 11) is 0. The second kappa shape index (κ2) is 9.71. The van der Waals surface area contributed by atoms with Gasteiger partial charge in [0.15, 0.2) is 0 Å². The molecule has 0 spiro atoms. The molecule has 2 aromatic heterocycles. The Kier molecular flexibility index (Phi) is 5.86. The maximum atomic E-state index is 13.1. The number of hydrogen-bond donors (Lipinski definition) is 0. The molecule has 0 saturated heterocycles. The molecule has 2 heterocycles. The number of pyridine rings is 1. The molecule has 0 aliphatic heterocycles. The van der Waals surface area contributed by atoms with Crippen molar-refractivity contribution < 1.29 is 13.2 Å². The Bertz CT molecular complexity index is 2030. The molecule has 0 fully saturated rings. The highest BCUT2D eigenvalue weighted by Gasteiger charge is 2.30. The molecule has 7 aromatic rings. The van der Waals surface area contributed by atoms with Crippen molar-refractivity contribution in [2.75, 3.05) is 0 Å². The second-order valence-corrected chi connectivity index (χ2v) is 9.81. The zero-order chi connectivity index (χ0) is 28.0. The van der Waals surface area contributed by atoms with E-state index in [-0.39, 0.29) is 0 Å². The number of aromatic nitrogens is 4. The van der Waals surface area contributed by atoms with Crippen LogP contribution in [0.25, 0.3) is 61.0 Å². The van der Waals surface area contributed by atoms with Crippen LogP contribution in [0.4, 0.5) is 13.2 Å². The van der Waals surface area contributed by atoms with Crippen molar-refractivity contribution in [3.05, 3.63) is 133 Å². The van der Waals surface area contributed by atoms with Crippen LogP contribution < -0.4 is 0 Å². The van der Waals surface area contributed by atoms with Crippen LogP contribution in [0.1, 0.15) is 5.56 Å². The molecule has 7 rings (SSSR count). The zero-order valence-electron chi connectivity index (χ0n) is 21.5. The Balaban J connectivity index is 1.14. The summed E-state index contributed by atoms with van der Waals surface area (Å²) < 4.78 is 39.4. The van der Waals surface area contributed by atoms with E-state index in [1.165, 1.54) is 12.1 Å². The number of halogens is 3. The molecular weight excluding hydrogens is 521 g/mol. The smallest absolute Gasteiger partial charge is 0.256 e. The van der Waals surface area contributed by atoms with Crippen molar-refractivity contribution >= 4 is 21.9 Å². The van der Waals surface area contributed by atoms with E-state index in [4.69, 9.17) is 5.10 Å². The summed E-state index contributed by atoms with van der Waals surface area (Å²) in [6.45, 7) is 0. The largest absolute Gasteiger partial charge is 0.416 e. The summed E-state index contributed by atoms with van der Waals surface area (Å²) in [5.41, 5.74) is 7.86. The maximum Gasteiger partial charge on any atom is 0.416 e. The molecule has 0 aliphatic rings. The van der Waals surface area contributed by atoms with Crippen molar-refractivity contribution in [2.45, 2.75) is 6.18 Å². The van der Waals surface area contributed by atoms with Crippen LogP contribution in [0.3, 0.4) is 0 Å². The highest BCUT2D eigenvalue weighted by atomic mass is 19.4. The number of rotatable bonds is 4. The van der Waals surface area contributed by atoms with Gasteiger partial charge in [0.1, 0.15) is 11.0 Å². The average Bonchev–Trinajstić information content (AvgIpc) is 3.44. The molecule has 0 amide bonds. The van der Waals surface area contributed by atoms with Gasteiger partial charge in [0, 0.05) is 17.1 Å². The molecule has 0 aliphatic carbocycles. The van der Waals surface area contributed by atoms with Crippen LogP contribution in [0.15, 0.2) is 128 Å². The Morgan fingerprint density at radius 2 is 1.12 bits per heavy atom. The van der Waals surface area contributed by atoms with Crippen molar-refractivity contribution in [3.63, 3.8) is 0 Å². The van der Waals surface area contributed by atoms with Crippen molar-refractivity contribution in [2.24, 2.45) is 0 Å². The van der Waals surface area contributed by atoms with Gasteiger partial charge in [-0.3, -0.25) is 4.98 Å². The molecule has 0 radical (unpaired) electrons. The van der Waals surface area contributed by atoms with Gasteiger partial charge in [-0.2, -0.15) is 18.0 Å². The Hall–Kier alpha value is -5.30. The van der Waals surface area contributed by atoms with Crippen LogP contribution in [-0.4, -0.2) is 20.0 Å². The lowest BCUT2D eigenvalue weighted by Gasteiger charge is -2.09. The lowest BCUT2D eigenvalue weighted by atomic mass is 9.99. The standard InChI is InChI=1S/C34H21F3N4/c35-34(36,37)29-6-3-5-25(19-29)22-8-10-23(11-9-22)26-14-17-32-33(20-26)40-41(39-32)30-15-12-24(13-16-30)28-18-27-4-1-2-7-31(27)38-21-28/h1-21H. The van der Waals surface area contributed by atoms with E-state index >= 15 is 0 Å². The predicted molar refractivity (Wildman–Crippen MR) is 155 cm³/mol. The van der Waals surface area contributed by atoms with Crippen LogP contribution >= 0.6 is 0 Å². The number of benzene rings is 5. The molecule has 198 valence electrons. The fraction of sp³-hybridized carbons (Fsp3) is 0.0294. The van der Waals surface area contributed by atoms with Crippen LogP contribution in [0, 0.1) is 0 Å². The van der Waals surface area contributed by atoms with Crippen LogP contribution in [0.2, 0.25) is 0 Å². The minimum absolute atomic E-state index is 0.521. The Morgan fingerprint density at radius 3 is 1.88 bits per heavy atom. The summed E-state index contributed by atoms with van der Waals surface area (Å²) in [6.07, 6.45) is -2.50. The molecule has 0 bridgehead atoms. The van der Waals surface area contributed by atoms with Crippen molar-refractivity contribution in [1.29, 1.82) is 0 Å². The fourth-order valence-electron chi connectivity index (χ4n) is 4.96. The quantitative estimate of drug-likeness (QED) is 0.223. The zero-order valence-corrected chi connectivity index (χ0v) is 21.5. The van der Waals surface area contributed by atoms with E-state index in [2.05, 4.69) is 22.2 Å². The Morgan fingerprint density at radius 1 is 0.488 bits per heavy atom. The molecule has 41 heavy (non-hydrogen) atoms. The summed E-state index contributed by atoms with van der Waals surface area (Å²) in [5.74, 6) is 0. The predicted octanol–water partition coefficient (Wildman–Crippen LogP) is 8.99. The van der Waals surface area contributed by atoms with Gasteiger partial charge in [0.2, 0.25) is 0 Å². The maximum absolute atomic E-state index is 13.1. The van der Waals surface area contributed by atoms with Gasteiger partial charge in [-0.05, 0) is 76.3 Å². The summed E-state index contributed by atoms with van der Waals surface area (Å²) in [6, 6.07) is 36.9. The minimum atomic E-state index is -4.38. The average molecular weight is 543 g/mol. The molecule has 0 unspecified atom stereocenters. The van der Waals surface area contributed by atoms with Gasteiger partial charge in [-0.1, -0.05) is 72.8 Å². The molecule has 0 saturated carbocycles. The van der Waals surface area contributed by atoms with E-state index in [9.17, 15) is 13.2 Å². The van der Waals surface area contributed by atoms with Gasteiger partial charge in [0.05, 0.1) is 16.8 Å². The number of fused-ring (bicyclic) bond motifs is 2. The van der Waals surface area contributed by atoms with E-state index in [0.29, 0.717) is 5.56 Å². The van der Waals surface area contributed by atoms with Gasteiger partial charge in [0.25, 0.3) is 0 Å².